The Bertz CT molecular complexity index is 84.9. The maximum Gasteiger partial charge on any atom is 0.360 e. The molecule has 0 saturated heterocycles. The zero-order valence-electron chi connectivity index (χ0n) is 3.80. The second kappa shape index (κ2) is 2.40. The lowest BCUT2D eigenvalue weighted by Gasteiger charge is -1.96. The number of hydrogen-bond donors (Lipinski definition) is 1. The average molecular weight is 128 g/mol. The quantitative estimate of drug-likeness (QED) is 0.566. The van der Waals surface area contributed by atoms with Gasteiger partial charge in [0.05, 0.1) is 0 Å². The van der Waals surface area contributed by atoms with E-state index in [-0.39, 0.29) is 6.16 Å². The first-order valence-corrected chi connectivity index (χ1v) is 3.51. The van der Waals surface area contributed by atoms with Gasteiger partial charge in [-0.15, -0.1) is 4.73 Å². The van der Waals surface area contributed by atoms with Crippen LogP contribution in [0.15, 0.2) is 0 Å². The first-order valence-electron chi connectivity index (χ1n) is 1.74. The third kappa shape index (κ3) is 2.74. The standard InChI is InChI=1S/C2H6FO3P/c1-2-7(4,5)6-3/h2H2,1H3,(H,4,5). The molecule has 3 nitrogen and oxygen atoms in total. The summed E-state index contributed by atoms with van der Waals surface area (Å²) in [6.07, 6.45) is -0.191. The van der Waals surface area contributed by atoms with Crippen LogP contribution in [0, 0.1) is 0 Å². The van der Waals surface area contributed by atoms with E-state index in [4.69, 9.17) is 4.89 Å². The van der Waals surface area contributed by atoms with Gasteiger partial charge >= 0.3 is 7.60 Å². The first-order chi connectivity index (χ1) is 3.12. The summed E-state index contributed by atoms with van der Waals surface area (Å²) in [5.74, 6) is 0. The largest absolute Gasteiger partial charge is 0.360 e. The van der Waals surface area contributed by atoms with E-state index in [1.807, 2.05) is 0 Å². The minimum absolute atomic E-state index is 0.191. The van der Waals surface area contributed by atoms with Crippen molar-refractivity contribution in [2.24, 2.45) is 0 Å². The Labute approximate surface area is 40.5 Å². The number of hydrogen-bond acceptors (Lipinski definition) is 2. The van der Waals surface area contributed by atoms with Gasteiger partial charge in [0.25, 0.3) is 0 Å². The van der Waals surface area contributed by atoms with Crippen LogP contribution in [0.5, 0.6) is 0 Å². The lowest BCUT2D eigenvalue weighted by Crippen LogP contribution is -1.80. The molecule has 1 N–H and O–H groups in total. The molecule has 1 atom stereocenters. The topological polar surface area (TPSA) is 46.5 Å². The number of halogens is 1. The van der Waals surface area contributed by atoms with Crippen molar-refractivity contribution in [3.8, 4) is 0 Å². The summed E-state index contributed by atoms with van der Waals surface area (Å²) in [6, 6.07) is 0. The van der Waals surface area contributed by atoms with Crippen molar-refractivity contribution < 1.29 is 18.7 Å². The Morgan fingerprint density at radius 3 is 2.43 bits per heavy atom. The second-order valence-electron chi connectivity index (χ2n) is 1.02. The van der Waals surface area contributed by atoms with Crippen molar-refractivity contribution in [2.45, 2.75) is 6.92 Å². The lowest BCUT2D eigenvalue weighted by molar-refractivity contribution is -0.0185. The molecule has 0 aromatic rings. The van der Waals surface area contributed by atoms with E-state index in [1.165, 1.54) is 6.92 Å². The summed E-state index contributed by atoms with van der Waals surface area (Å²) in [7, 11) is -3.82. The highest BCUT2D eigenvalue weighted by Gasteiger charge is 2.15. The van der Waals surface area contributed by atoms with Gasteiger partial charge in [-0.25, -0.2) is 0 Å². The predicted octanol–water partition coefficient (Wildman–Crippen LogP) is 1.09. The van der Waals surface area contributed by atoms with Gasteiger partial charge < -0.3 is 4.89 Å². The molecule has 0 amide bonds. The molecule has 7 heavy (non-hydrogen) atoms. The van der Waals surface area contributed by atoms with Gasteiger partial charge in [-0.2, -0.15) is 0 Å². The van der Waals surface area contributed by atoms with Crippen LogP contribution in [0.1, 0.15) is 6.92 Å². The normalized spacial score (nSPS) is 18.7. The van der Waals surface area contributed by atoms with Crippen LogP contribution in [0.4, 0.5) is 4.53 Å². The van der Waals surface area contributed by atoms with E-state index in [2.05, 4.69) is 4.73 Å². The van der Waals surface area contributed by atoms with Gasteiger partial charge in [-0.3, -0.25) is 4.57 Å². The van der Waals surface area contributed by atoms with Crippen LogP contribution in [0.25, 0.3) is 0 Å². The lowest BCUT2D eigenvalue weighted by atomic mass is 11.0. The molecule has 0 heterocycles. The van der Waals surface area contributed by atoms with E-state index in [0.717, 1.165) is 0 Å². The molecule has 0 aliphatic carbocycles. The Morgan fingerprint density at radius 2 is 2.43 bits per heavy atom. The molecule has 0 saturated carbocycles. The monoisotopic (exact) mass is 128 g/mol. The fourth-order valence-corrected chi connectivity index (χ4v) is 0.146. The van der Waals surface area contributed by atoms with Gasteiger partial charge in [-0.1, -0.05) is 6.92 Å². The maximum absolute atomic E-state index is 10.8. The molecule has 0 spiro atoms. The fourth-order valence-electron chi connectivity index (χ4n) is 0.0488. The van der Waals surface area contributed by atoms with E-state index < -0.39 is 7.60 Å². The zero-order valence-corrected chi connectivity index (χ0v) is 4.69. The maximum atomic E-state index is 10.8. The van der Waals surface area contributed by atoms with Crippen LogP contribution >= 0.6 is 7.60 Å². The molecule has 0 aliphatic rings. The minimum atomic E-state index is -3.82. The molecule has 5 heteroatoms. The van der Waals surface area contributed by atoms with Gasteiger partial charge in [0.15, 0.2) is 0 Å². The van der Waals surface area contributed by atoms with Crippen LogP contribution in [0.3, 0.4) is 0 Å². The van der Waals surface area contributed by atoms with Crippen molar-refractivity contribution >= 4 is 7.60 Å². The number of rotatable bonds is 2. The third-order valence-electron chi connectivity index (χ3n) is 0.507. The van der Waals surface area contributed by atoms with Gasteiger partial charge in [0.1, 0.15) is 0 Å². The van der Waals surface area contributed by atoms with Crippen molar-refractivity contribution in [2.75, 3.05) is 6.16 Å². The molecule has 1 unspecified atom stereocenters. The molecular weight excluding hydrogens is 122 g/mol. The second-order valence-corrected chi connectivity index (χ2v) is 3.07. The van der Waals surface area contributed by atoms with Crippen molar-refractivity contribution in [1.29, 1.82) is 0 Å². The molecule has 0 radical (unpaired) electrons. The minimum Gasteiger partial charge on any atom is -0.323 e. The zero-order chi connectivity index (χ0) is 5.91. The summed E-state index contributed by atoms with van der Waals surface area (Å²) in [6.45, 7) is 1.36. The van der Waals surface area contributed by atoms with Crippen LogP contribution in [-0.2, 0) is 9.29 Å². The molecule has 0 fully saturated rings. The smallest absolute Gasteiger partial charge is 0.323 e. The van der Waals surface area contributed by atoms with Crippen molar-refractivity contribution in [3.63, 3.8) is 0 Å². The van der Waals surface area contributed by atoms with Crippen LogP contribution < -0.4 is 0 Å². The summed E-state index contributed by atoms with van der Waals surface area (Å²) < 4.78 is 23.4. The van der Waals surface area contributed by atoms with Crippen molar-refractivity contribution in [1.82, 2.24) is 0 Å². The molecule has 0 bridgehead atoms. The molecular formula is C2H6FO3P. The average Bonchev–Trinajstić information content (AvgIpc) is 1.68. The summed E-state index contributed by atoms with van der Waals surface area (Å²) >= 11 is 0. The third-order valence-corrected chi connectivity index (χ3v) is 1.52. The molecule has 0 aromatic carbocycles. The highest BCUT2D eigenvalue weighted by molar-refractivity contribution is 7.52. The predicted molar refractivity (Wildman–Crippen MR) is 22.6 cm³/mol. The Kier molecular flexibility index (Phi) is 2.43. The van der Waals surface area contributed by atoms with E-state index in [0.29, 0.717) is 0 Å². The van der Waals surface area contributed by atoms with Gasteiger partial charge in [0, 0.05) is 6.16 Å². The molecule has 0 rings (SSSR count). The summed E-state index contributed by atoms with van der Waals surface area (Å²) in [5, 5.41) is 0. The van der Waals surface area contributed by atoms with Gasteiger partial charge in [0.2, 0.25) is 0 Å². The summed E-state index contributed by atoms with van der Waals surface area (Å²) in [4.78, 5) is 8.09. The highest BCUT2D eigenvalue weighted by Crippen LogP contribution is 2.40. The SMILES string of the molecule is CCP(=O)(O)OF. The van der Waals surface area contributed by atoms with E-state index in [9.17, 15) is 9.09 Å². The Balaban J connectivity index is 3.61. The molecule has 44 valence electrons. The molecule has 0 aromatic heterocycles. The molecule has 0 aliphatic heterocycles. The van der Waals surface area contributed by atoms with Crippen molar-refractivity contribution in [3.05, 3.63) is 0 Å². The van der Waals surface area contributed by atoms with Crippen LogP contribution in [0.2, 0.25) is 0 Å². The fraction of sp³-hybridized carbons (Fsp3) is 1.00. The highest BCUT2D eigenvalue weighted by atomic mass is 31.2. The Hall–Kier alpha value is 0.0800. The Morgan fingerprint density at radius 1 is 2.00 bits per heavy atom. The van der Waals surface area contributed by atoms with E-state index in [1.54, 1.807) is 0 Å². The van der Waals surface area contributed by atoms with E-state index >= 15 is 0 Å². The van der Waals surface area contributed by atoms with Crippen LogP contribution in [-0.4, -0.2) is 11.1 Å². The first kappa shape index (κ1) is 7.08. The summed E-state index contributed by atoms with van der Waals surface area (Å²) in [5.41, 5.74) is 0. The van der Waals surface area contributed by atoms with Gasteiger partial charge in [-0.05, 0) is 4.53 Å².